The number of benzene rings is 3. The molecule has 1 fully saturated rings. The molecule has 1 aliphatic heterocycles. The number of piperidine rings is 1. The summed E-state index contributed by atoms with van der Waals surface area (Å²) in [6, 6.07) is 28.3. The molecular weight excluding hydrogens is 439 g/mol. The van der Waals surface area contributed by atoms with E-state index in [-0.39, 0.29) is 24.8 Å². The zero-order valence-electron chi connectivity index (χ0n) is 18.7. The normalized spacial score (nSPS) is 14.3. The van der Waals surface area contributed by atoms with E-state index in [4.69, 9.17) is 4.74 Å². The van der Waals surface area contributed by atoms with Crippen LogP contribution >= 0.6 is 24.8 Å². The van der Waals surface area contributed by atoms with E-state index in [0.29, 0.717) is 12.6 Å². The van der Waals surface area contributed by atoms with Crippen LogP contribution in [0.4, 0.5) is 0 Å². The fourth-order valence-electron chi connectivity index (χ4n) is 4.03. The minimum atomic E-state index is 0. The number of nitrogens with one attached hydrogen (secondary N) is 1. The smallest absolute Gasteiger partial charge is 0.124 e. The molecule has 32 heavy (non-hydrogen) atoms. The van der Waals surface area contributed by atoms with Crippen molar-refractivity contribution in [2.24, 2.45) is 0 Å². The molecule has 1 heterocycles. The van der Waals surface area contributed by atoms with Crippen molar-refractivity contribution in [2.45, 2.75) is 45.5 Å². The number of likely N-dealkylation sites (tertiary alicyclic amines) is 1. The van der Waals surface area contributed by atoms with Crippen molar-refractivity contribution in [1.82, 2.24) is 10.2 Å². The molecule has 3 aromatic rings. The van der Waals surface area contributed by atoms with Crippen LogP contribution in [0.3, 0.4) is 0 Å². The van der Waals surface area contributed by atoms with Gasteiger partial charge in [0, 0.05) is 24.7 Å². The van der Waals surface area contributed by atoms with Crippen molar-refractivity contribution < 1.29 is 4.74 Å². The Morgan fingerprint density at radius 2 is 1.47 bits per heavy atom. The average Bonchev–Trinajstić information content (AvgIpc) is 2.79. The lowest BCUT2D eigenvalue weighted by Crippen LogP contribution is -2.41. The number of halogens is 2. The van der Waals surface area contributed by atoms with Gasteiger partial charge in [0.15, 0.2) is 0 Å². The maximum atomic E-state index is 6.14. The van der Waals surface area contributed by atoms with Gasteiger partial charge in [-0.25, -0.2) is 0 Å². The van der Waals surface area contributed by atoms with Gasteiger partial charge in [0.1, 0.15) is 12.4 Å². The Hall–Kier alpha value is -2.04. The van der Waals surface area contributed by atoms with Gasteiger partial charge in [0.2, 0.25) is 0 Å². The fourth-order valence-corrected chi connectivity index (χ4v) is 4.03. The largest absolute Gasteiger partial charge is 0.489 e. The fraction of sp³-hybridized carbons (Fsp3) is 0.333. The van der Waals surface area contributed by atoms with Gasteiger partial charge in [-0.15, -0.1) is 24.8 Å². The highest BCUT2D eigenvalue weighted by Crippen LogP contribution is 2.21. The highest BCUT2D eigenvalue weighted by molar-refractivity contribution is 5.85. The second-order valence-electron chi connectivity index (χ2n) is 8.30. The molecule has 0 aromatic heterocycles. The Bertz CT molecular complexity index is 910. The highest BCUT2D eigenvalue weighted by Gasteiger charge is 2.19. The summed E-state index contributed by atoms with van der Waals surface area (Å²) in [7, 11) is 0. The number of aryl methyl sites for hydroxylation is 1. The zero-order chi connectivity index (χ0) is 20.6. The minimum absolute atomic E-state index is 0. The summed E-state index contributed by atoms with van der Waals surface area (Å²) in [5.74, 6) is 0.979. The number of para-hydroxylation sites is 1. The van der Waals surface area contributed by atoms with Crippen LogP contribution in [-0.4, -0.2) is 24.0 Å². The Labute approximate surface area is 205 Å². The van der Waals surface area contributed by atoms with E-state index in [1.165, 1.54) is 35.1 Å². The standard InChI is InChI=1S/C27H32N2O.2ClH/c1-22-11-13-24(14-12-22)21-30-27-10-6-5-9-25(27)19-28-26-15-17-29(18-16-26)20-23-7-3-2-4-8-23;;/h2-14,26,28H,15-21H2,1H3;2*1H. The second-order valence-corrected chi connectivity index (χ2v) is 8.30. The Morgan fingerprint density at radius 3 is 2.19 bits per heavy atom. The third-order valence-electron chi connectivity index (χ3n) is 5.91. The van der Waals surface area contributed by atoms with E-state index >= 15 is 0 Å². The molecule has 0 aliphatic carbocycles. The molecule has 0 saturated carbocycles. The van der Waals surface area contributed by atoms with Gasteiger partial charge in [-0.05, 0) is 50.0 Å². The molecule has 0 atom stereocenters. The SMILES string of the molecule is Cc1ccc(COc2ccccc2CNC2CCN(Cc3ccccc3)CC2)cc1.Cl.Cl. The van der Waals surface area contributed by atoms with E-state index < -0.39 is 0 Å². The lowest BCUT2D eigenvalue weighted by molar-refractivity contribution is 0.189. The molecule has 0 amide bonds. The van der Waals surface area contributed by atoms with Crippen LogP contribution in [0.15, 0.2) is 78.9 Å². The van der Waals surface area contributed by atoms with Gasteiger partial charge in [-0.2, -0.15) is 0 Å². The van der Waals surface area contributed by atoms with Crippen molar-refractivity contribution in [3.63, 3.8) is 0 Å². The summed E-state index contributed by atoms with van der Waals surface area (Å²) in [5, 5.41) is 3.76. The number of hydrogen-bond acceptors (Lipinski definition) is 3. The van der Waals surface area contributed by atoms with Gasteiger partial charge >= 0.3 is 0 Å². The van der Waals surface area contributed by atoms with E-state index in [9.17, 15) is 0 Å². The Balaban J connectivity index is 0.00000181. The Morgan fingerprint density at radius 1 is 0.812 bits per heavy atom. The monoisotopic (exact) mass is 472 g/mol. The van der Waals surface area contributed by atoms with Crippen molar-refractivity contribution >= 4 is 24.8 Å². The number of nitrogens with zero attached hydrogens (tertiary/aromatic N) is 1. The van der Waals surface area contributed by atoms with Gasteiger partial charge in [0.05, 0.1) is 0 Å². The first-order chi connectivity index (χ1) is 14.8. The van der Waals surface area contributed by atoms with Crippen LogP contribution < -0.4 is 10.1 Å². The predicted molar refractivity (Wildman–Crippen MR) is 138 cm³/mol. The van der Waals surface area contributed by atoms with Crippen molar-refractivity contribution in [1.29, 1.82) is 0 Å². The molecule has 0 bridgehead atoms. The summed E-state index contributed by atoms with van der Waals surface area (Å²) >= 11 is 0. The molecule has 0 radical (unpaired) electrons. The summed E-state index contributed by atoms with van der Waals surface area (Å²) in [6.45, 7) is 6.93. The van der Waals surface area contributed by atoms with Crippen LogP contribution in [0, 0.1) is 6.92 Å². The second kappa shape index (κ2) is 13.5. The van der Waals surface area contributed by atoms with Gasteiger partial charge in [0.25, 0.3) is 0 Å². The van der Waals surface area contributed by atoms with Crippen LogP contribution in [0.25, 0.3) is 0 Å². The summed E-state index contributed by atoms with van der Waals surface area (Å²) < 4.78 is 6.14. The van der Waals surface area contributed by atoms with E-state index in [0.717, 1.165) is 31.9 Å². The molecule has 172 valence electrons. The van der Waals surface area contributed by atoms with Gasteiger partial charge < -0.3 is 10.1 Å². The topological polar surface area (TPSA) is 24.5 Å². The summed E-state index contributed by atoms with van der Waals surface area (Å²) in [5.41, 5.74) is 5.12. The predicted octanol–water partition coefficient (Wildman–Crippen LogP) is 6.17. The average molecular weight is 473 g/mol. The number of rotatable bonds is 8. The molecular formula is C27H34Cl2N2O. The lowest BCUT2D eigenvalue weighted by atomic mass is 10.0. The molecule has 0 spiro atoms. The first-order valence-electron chi connectivity index (χ1n) is 11.0. The lowest BCUT2D eigenvalue weighted by Gasteiger charge is -2.32. The van der Waals surface area contributed by atoms with Gasteiger partial charge in [-0.3, -0.25) is 4.90 Å². The molecule has 3 nitrogen and oxygen atoms in total. The van der Waals surface area contributed by atoms with Crippen LogP contribution in [0.2, 0.25) is 0 Å². The van der Waals surface area contributed by atoms with Crippen LogP contribution in [0.5, 0.6) is 5.75 Å². The van der Waals surface area contributed by atoms with E-state index in [1.54, 1.807) is 0 Å². The minimum Gasteiger partial charge on any atom is -0.489 e. The van der Waals surface area contributed by atoms with Crippen molar-refractivity contribution in [3.8, 4) is 5.75 Å². The van der Waals surface area contributed by atoms with E-state index in [1.807, 2.05) is 0 Å². The number of ether oxygens (including phenoxy) is 1. The van der Waals surface area contributed by atoms with Crippen molar-refractivity contribution in [2.75, 3.05) is 13.1 Å². The molecule has 1 N–H and O–H groups in total. The van der Waals surface area contributed by atoms with E-state index in [2.05, 4.69) is 96.0 Å². The van der Waals surface area contributed by atoms with Gasteiger partial charge in [-0.1, -0.05) is 78.4 Å². The third kappa shape index (κ3) is 7.83. The summed E-state index contributed by atoms with van der Waals surface area (Å²) in [4.78, 5) is 2.56. The molecule has 3 aromatic carbocycles. The molecule has 1 saturated heterocycles. The van der Waals surface area contributed by atoms with Crippen molar-refractivity contribution in [3.05, 3.63) is 101 Å². The highest BCUT2D eigenvalue weighted by atomic mass is 35.5. The van der Waals surface area contributed by atoms with Crippen LogP contribution in [0.1, 0.15) is 35.1 Å². The first kappa shape index (κ1) is 26.2. The number of hydrogen-bond donors (Lipinski definition) is 1. The quantitative estimate of drug-likeness (QED) is 0.423. The third-order valence-corrected chi connectivity index (χ3v) is 5.91. The van der Waals surface area contributed by atoms with Crippen LogP contribution in [-0.2, 0) is 19.7 Å². The molecule has 4 rings (SSSR count). The molecule has 0 unspecified atom stereocenters. The first-order valence-corrected chi connectivity index (χ1v) is 11.0. The zero-order valence-corrected chi connectivity index (χ0v) is 20.3. The maximum absolute atomic E-state index is 6.14. The molecule has 1 aliphatic rings. The molecule has 5 heteroatoms. The Kier molecular flexibility index (Phi) is 11.1. The maximum Gasteiger partial charge on any atom is 0.124 e. The summed E-state index contributed by atoms with van der Waals surface area (Å²) in [6.07, 6.45) is 2.39.